The Morgan fingerprint density at radius 2 is 2.00 bits per heavy atom. The summed E-state index contributed by atoms with van der Waals surface area (Å²) in [6.45, 7) is 4.67. The van der Waals surface area contributed by atoms with E-state index >= 15 is 0 Å². The van der Waals surface area contributed by atoms with Gasteiger partial charge in [0.15, 0.2) is 0 Å². The van der Waals surface area contributed by atoms with E-state index in [-0.39, 0.29) is 5.97 Å². The van der Waals surface area contributed by atoms with Gasteiger partial charge in [-0.05, 0) is 25.3 Å². The van der Waals surface area contributed by atoms with E-state index in [1.165, 1.54) is 5.56 Å². The molecule has 1 atom stereocenters. The molecule has 0 aliphatic heterocycles. The number of ether oxygens (including phenoxy) is 1. The Kier molecular flexibility index (Phi) is 6.33. The molecule has 0 saturated heterocycles. The van der Waals surface area contributed by atoms with Crippen molar-refractivity contribution in [3.8, 4) is 0 Å². The van der Waals surface area contributed by atoms with E-state index in [0.29, 0.717) is 19.2 Å². The smallest absolute Gasteiger partial charge is 0.319 e. The summed E-state index contributed by atoms with van der Waals surface area (Å²) in [5.41, 5.74) is 1.29. The first-order valence-electron chi connectivity index (χ1n) is 6.19. The van der Waals surface area contributed by atoms with Gasteiger partial charge in [0.2, 0.25) is 0 Å². The maximum absolute atomic E-state index is 11.2. The second-order valence-corrected chi connectivity index (χ2v) is 3.98. The third-order valence-corrected chi connectivity index (χ3v) is 2.66. The van der Waals surface area contributed by atoms with Gasteiger partial charge in [-0.3, -0.25) is 4.79 Å². The summed E-state index contributed by atoms with van der Waals surface area (Å²) in [7, 11) is 0. The van der Waals surface area contributed by atoms with Crippen molar-refractivity contribution in [2.75, 3.05) is 13.2 Å². The van der Waals surface area contributed by atoms with Gasteiger partial charge < -0.3 is 10.1 Å². The van der Waals surface area contributed by atoms with Gasteiger partial charge in [-0.25, -0.2) is 0 Å². The van der Waals surface area contributed by atoms with Crippen molar-refractivity contribution in [1.82, 2.24) is 5.32 Å². The van der Waals surface area contributed by atoms with Crippen molar-refractivity contribution >= 4 is 5.97 Å². The summed E-state index contributed by atoms with van der Waals surface area (Å²) in [4.78, 5) is 11.2. The molecule has 0 saturated carbocycles. The molecule has 0 aliphatic rings. The molecule has 94 valence electrons. The topological polar surface area (TPSA) is 38.3 Å². The van der Waals surface area contributed by atoms with Crippen LogP contribution < -0.4 is 5.32 Å². The molecule has 1 unspecified atom stereocenters. The van der Waals surface area contributed by atoms with Crippen molar-refractivity contribution in [2.24, 2.45) is 0 Å². The second-order valence-electron chi connectivity index (χ2n) is 3.98. The van der Waals surface area contributed by atoms with E-state index in [1.807, 2.05) is 25.1 Å². The van der Waals surface area contributed by atoms with Crippen LogP contribution in [0.5, 0.6) is 0 Å². The van der Waals surface area contributed by atoms with E-state index in [0.717, 1.165) is 12.8 Å². The molecule has 17 heavy (non-hydrogen) atoms. The van der Waals surface area contributed by atoms with Gasteiger partial charge in [-0.15, -0.1) is 0 Å². The van der Waals surface area contributed by atoms with Crippen LogP contribution >= 0.6 is 0 Å². The van der Waals surface area contributed by atoms with Crippen molar-refractivity contribution in [3.05, 3.63) is 35.9 Å². The Labute approximate surface area is 103 Å². The number of nitrogens with one attached hydrogen (secondary N) is 1. The molecule has 0 amide bonds. The highest BCUT2D eigenvalue weighted by atomic mass is 16.5. The van der Waals surface area contributed by atoms with Gasteiger partial charge in [0.25, 0.3) is 0 Å². The fourth-order valence-electron chi connectivity index (χ4n) is 1.70. The summed E-state index contributed by atoms with van der Waals surface area (Å²) in [6, 6.07) is 10.6. The van der Waals surface area contributed by atoms with Gasteiger partial charge in [0.1, 0.15) is 0 Å². The average molecular weight is 235 g/mol. The number of hydrogen-bond acceptors (Lipinski definition) is 3. The average Bonchev–Trinajstić information content (AvgIpc) is 2.36. The van der Waals surface area contributed by atoms with Crippen molar-refractivity contribution in [2.45, 2.75) is 32.7 Å². The summed E-state index contributed by atoms with van der Waals surface area (Å²) in [5, 5.41) is 3.23. The van der Waals surface area contributed by atoms with E-state index in [2.05, 4.69) is 24.4 Å². The van der Waals surface area contributed by atoms with Crippen molar-refractivity contribution < 1.29 is 9.53 Å². The number of hydrogen-bond donors (Lipinski definition) is 1. The van der Waals surface area contributed by atoms with Crippen LogP contribution in [0.4, 0.5) is 0 Å². The Morgan fingerprint density at radius 1 is 1.29 bits per heavy atom. The van der Waals surface area contributed by atoms with Crippen LogP contribution in [0.15, 0.2) is 30.3 Å². The summed E-state index contributed by atoms with van der Waals surface area (Å²) in [5.74, 6) is -0.181. The molecule has 0 spiro atoms. The van der Waals surface area contributed by atoms with E-state index in [1.54, 1.807) is 0 Å². The first kappa shape index (κ1) is 13.7. The second kappa shape index (κ2) is 7.85. The number of carbonyl (C=O) groups excluding carboxylic acids is 1. The van der Waals surface area contributed by atoms with Gasteiger partial charge in [-0.2, -0.15) is 0 Å². The number of benzene rings is 1. The third-order valence-electron chi connectivity index (χ3n) is 2.66. The fourth-order valence-corrected chi connectivity index (χ4v) is 1.70. The molecule has 1 N–H and O–H groups in total. The molecular weight excluding hydrogens is 214 g/mol. The zero-order chi connectivity index (χ0) is 12.5. The van der Waals surface area contributed by atoms with Gasteiger partial charge in [0, 0.05) is 6.04 Å². The molecule has 1 aromatic carbocycles. The lowest BCUT2D eigenvalue weighted by Gasteiger charge is -2.16. The van der Waals surface area contributed by atoms with E-state index in [4.69, 9.17) is 4.74 Å². The Hall–Kier alpha value is -1.35. The SMILES string of the molecule is CCOC(=O)CNC(CC)Cc1ccccc1. The molecule has 3 nitrogen and oxygen atoms in total. The first-order chi connectivity index (χ1) is 8.26. The Morgan fingerprint density at radius 3 is 2.59 bits per heavy atom. The zero-order valence-electron chi connectivity index (χ0n) is 10.6. The molecule has 3 heteroatoms. The quantitative estimate of drug-likeness (QED) is 0.736. The minimum absolute atomic E-state index is 0.181. The minimum atomic E-state index is -0.181. The van der Waals surface area contributed by atoms with Crippen molar-refractivity contribution in [1.29, 1.82) is 0 Å². The maximum Gasteiger partial charge on any atom is 0.319 e. The van der Waals surface area contributed by atoms with Crippen LogP contribution in [0, 0.1) is 0 Å². The summed E-state index contributed by atoms with van der Waals surface area (Å²) < 4.78 is 4.89. The van der Waals surface area contributed by atoms with Crippen LogP contribution in [-0.4, -0.2) is 25.2 Å². The molecule has 0 radical (unpaired) electrons. The molecule has 0 aromatic heterocycles. The highest BCUT2D eigenvalue weighted by Gasteiger charge is 2.09. The fraction of sp³-hybridized carbons (Fsp3) is 0.500. The number of rotatable bonds is 7. The molecule has 0 aliphatic carbocycles. The Balaban J connectivity index is 2.36. The monoisotopic (exact) mass is 235 g/mol. The lowest BCUT2D eigenvalue weighted by Crippen LogP contribution is -2.35. The highest BCUT2D eigenvalue weighted by Crippen LogP contribution is 2.05. The first-order valence-corrected chi connectivity index (χ1v) is 6.19. The van der Waals surface area contributed by atoms with Crippen LogP contribution in [-0.2, 0) is 16.0 Å². The zero-order valence-corrected chi connectivity index (χ0v) is 10.6. The number of carbonyl (C=O) groups is 1. The molecule has 0 heterocycles. The molecule has 1 rings (SSSR count). The lowest BCUT2D eigenvalue weighted by atomic mass is 10.0. The van der Waals surface area contributed by atoms with Crippen LogP contribution in [0.25, 0.3) is 0 Å². The summed E-state index contributed by atoms with van der Waals surface area (Å²) in [6.07, 6.45) is 1.94. The highest BCUT2D eigenvalue weighted by molar-refractivity contribution is 5.71. The molecule has 1 aromatic rings. The van der Waals surface area contributed by atoms with E-state index in [9.17, 15) is 4.79 Å². The lowest BCUT2D eigenvalue weighted by molar-refractivity contribution is -0.142. The summed E-state index contributed by atoms with van der Waals surface area (Å²) >= 11 is 0. The predicted molar refractivity (Wildman–Crippen MR) is 68.9 cm³/mol. The minimum Gasteiger partial charge on any atom is -0.465 e. The standard InChI is InChI=1S/C14H21NO2/c1-3-13(15-11-14(16)17-4-2)10-12-8-6-5-7-9-12/h5-9,13,15H,3-4,10-11H2,1-2H3. The molecule has 0 bridgehead atoms. The molecule has 0 fully saturated rings. The van der Waals surface area contributed by atoms with Gasteiger partial charge in [-0.1, -0.05) is 37.3 Å². The van der Waals surface area contributed by atoms with Crippen LogP contribution in [0.1, 0.15) is 25.8 Å². The van der Waals surface area contributed by atoms with Gasteiger partial charge >= 0.3 is 5.97 Å². The number of esters is 1. The third kappa shape index (κ3) is 5.50. The Bertz CT molecular complexity index is 324. The van der Waals surface area contributed by atoms with Gasteiger partial charge in [0.05, 0.1) is 13.2 Å². The predicted octanol–water partition coefficient (Wildman–Crippen LogP) is 2.16. The largest absolute Gasteiger partial charge is 0.465 e. The van der Waals surface area contributed by atoms with Crippen molar-refractivity contribution in [3.63, 3.8) is 0 Å². The van der Waals surface area contributed by atoms with Crippen LogP contribution in [0.2, 0.25) is 0 Å². The maximum atomic E-state index is 11.2. The van der Waals surface area contributed by atoms with Crippen LogP contribution in [0.3, 0.4) is 0 Å². The van der Waals surface area contributed by atoms with E-state index < -0.39 is 0 Å². The normalized spacial score (nSPS) is 12.1. The molecular formula is C14H21NO2.